The third kappa shape index (κ3) is 7.90. The maximum atomic E-state index is 11.2. The average molecular weight is 437 g/mol. The van der Waals surface area contributed by atoms with Crippen LogP contribution in [0.3, 0.4) is 0 Å². The van der Waals surface area contributed by atoms with Gasteiger partial charge >= 0.3 is 59.6 Å². The second kappa shape index (κ2) is 6.86. The molecular formula is C11H16Cl5O3PS. The van der Waals surface area contributed by atoms with Gasteiger partial charge in [0.25, 0.3) is 10.1 Å². The van der Waals surface area contributed by atoms with Crippen molar-refractivity contribution >= 4 is 69.7 Å². The first-order chi connectivity index (χ1) is 8.91. The Morgan fingerprint density at radius 2 is 0.905 bits per heavy atom. The van der Waals surface area contributed by atoms with E-state index >= 15 is 0 Å². The molecule has 0 amide bonds. The van der Waals surface area contributed by atoms with Gasteiger partial charge in [-0.2, -0.15) is 8.42 Å². The Morgan fingerprint density at radius 3 is 1.10 bits per heavy atom. The predicted octanol–water partition coefficient (Wildman–Crippen LogP) is 6.78. The third-order valence-corrected chi connectivity index (χ3v) is 4.32. The molecule has 0 spiro atoms. The van der Waals surface area contributed by atoms with Crippen LogP contribution in [-0.4, -0.2) is 13.0 Å². The fourth-order valence-electron chi connectivity index (χ4n) is 1.85. The van der Waals surface area contributed by atoms with Gasteiger partial charge < -0.3 is 0 Å². The summed E-state index contributed by atoms with van der Waals surface area (Å²) in [7, 11) is -4.13. The molecule has 1 rings (SSSR count). The van der Waals surface area contributed by atoms with Crippen LogP contribution < -0.4 is 0 Å². The van der Waals surface area contributed by atoms with E-state index in [0.29, 0.717) is 11.1 Å². The van der Waals surface area contributed by atoms with E-state index < -0.39 is 13.5 Å². The molecule has 0 aromatic heterocycles. The molecule has 0 aliphatic carbocycles. The first-order valence-electron chi connectivity index (χ1n) is 5.57. The van der Waals surface area contributed by atoms with E-state index in [-0.39, 0.29) is 4.90 Å². The van der Waals surface area contributed by atoms with Crippen molar-refractivity contribution in [2.45, 2.75) is 39.5 Å². The summed E-state index contributed by atoms with van der Waals surface area (Å²) in [5.74, 6) is 0. The van der Waals surface area contributed by atoms with Gasteiger partial charge in [-0.15, -0.1) is 0 Å². The third-order valence-electron chi connectivity index (χ3n) is 3.19. The first kappa shape index (κ1) is 22.0. The quantitative estimate of drug-likeness (QED) is 0.390. The van der Waals surface area contributed by atoms with Gasteiger partial charge in [-0.25, -0.2) is 0 Å². The molecular weight excluding hydrogens is 420 g/mol. The van der Waals surface area contributed by atoms with Crippen molar-refractivity contribution in [3.05, 3.63) is 27.8 Å². The summed E-state index contributed by atoms with van der Waals surface area (Å²) in [5, 5.41) is 0. The van der Waals surface area contributed by atoms with Gasteiger partial charge in [-0.05, 0) is 62.4 Å². The fraction of sp³-hybridized carbons (Fsp3) is 0.455. The normalized spacial score (nSPS) is 14.0. The molecule has 0 saturated heterocycles. The molecule has 0 aliphatic heterocycles. The van der Waals surface area contributed by atoms with E-state index in [2.05, 4.69) is 0 Å². The molecule has 0 heterocycles. The molecule has 0 atom stereocenters. The topological polar surface area (TPSA) is 54.4 Å². The Labute approximate surface area is 149 Å². The SMILES string of the molecule is Cc1c(C)c(C)c(S(=O)(=O)O)c(C)c1C.ClP(Cl)(Cl)(Cl)Cl. The van der Waals surface area contributed by atoms with Crippen LogP contribution >= 0.6 is 59.6 Å². The van der Waals surface area contributed by atoms with Crippen LogP contribution in [0.25, 0.3) is 0 Å². The average Bonchev–Trinajstić information content (AvgIpc) is 2.18. The minimum absolute atomic E-state index is 0.0584. The van der Waals surface area contributed by atoms with Gasteiger partial charge in [0.05, 0.1) is 0 Å². The summed E-state index contributed by atoms with van der Waals surface area (Å²) in [6, 6.07) is 0. The van der Waals surface area contributed by atoms with Crippen molar-refractivity contribution in [1.82, 2.24) is 0 Å². The van der Waals surface area contributed by atoms with Gasteiger partial charge in [-0.1, -0.05) is 0 Å². The molecule has 1 N–H and O–H groups in total. The van der Waals surface area contributed by atoms with Crippen LogP contribution in [0.15, 0.2) is 4.90 Å². The minimum atomic E-state index is -4.13. The van der Waals surface area contributed by atoms with E-state index in [9.17, 15) is 8.42 Å². The summed E-state index contributed by atoms with van der Waals surface area (Å²) in [5.41, 5.74) is 4.20. The van der Waals surface area contributed by atoms with Crippen LogP contribution in [0.1, 0.15) is 27.8 Å². The number of benzene rings is 1. The first-order valence-corrected chi connectivity index (χ1v) is 13.8. The van der Waals surface area contributed by atoms with Crippen molar-refractivity contribution in [1.29, 1.82) is 0 Å². The second-order valence-corrected chi connectivity index (χ2v) is 22.5. The van der Waals surface area contributed by atoms with Crippen LogP contribution in [0.4, 0.5) is 0 Å². The van der Waals surface area contributed by atoms with Gasteiger partial charge in [0.15, 0.2) is 0 Å². The fourth-order valence-corrected chi connectivity index (χ4v) is 2.93. The van der Waals surface area contributed by atoms with Crippen molar-refractivity contribution in [3.63, 3.8) is 0 Å². The molecule has 0 fully saturated rings. The summed E-state index contributed by atoms with van der Waals surface area (Å²) < 4.78 is 28.0. The maximum absolute atomic E-state index is 11.2. The number of rotatable bonds is 1. The van der Waals surface area contributed by atoms with E-state index in [4.69, 9.17) is 60.8 Å². The molecule has 1 aromatic carbocycles. The van der Waals surface area contributed by atoms with Crippen LogP contribution in [0.2, 0.25) is 0 Å². The predicted molar refractivity (Wildman–Crippen MR) is 96.1 cm³/mol. The van der Waals surface area contributed by atoms with E-state index in [0.717, 1.165) is 16.7 Å². The monoisotopic (exact) mass is 434 g/mol. The molecule has 0 aliphatic rings. The number of hydrogen-bond acceptors (Lipinski definition) is 2. The Balaban J connectivity index is 0.000000567. The van der Waals surface area contributed by atoms with E-state index in [1.54, 1.807) is 13.8 Å². The molecule has 10 heteroatoms. The summed E-state index contributed by atoms with van der Waals surface area (Å²) in [6.07, 6.45) is 0. The molecule has 3 nitrogen and oxygen atoms in total. The van der Waals surface area contributed by atoms with Gasteiger partial charge in [-0.3, -0.25) is 4.55 Å². The molecule has 0 unspecified atom stereocenters. The Bertz CT molecular complexity index is 617. The van der Waals surface area contributed by atoms with E-state index in [1.807, 2.05) is 20.8 Å². The van der Waals surface area contributed by atoms with Gasteiger partial charge in [0, 0.05) is 0 Å². The summed E-state index contributed by atoms with van der Waals surface area (Å²) in [4.78, 5) is 0.0584. The van der Waals surface area contributed by atoms with Gasteiger partial charge in [0.1, 0.15) is 4.90 Å². The van der Waals surface area contributed by atoms with Crippen molar-refractivity contribution < 1.29 is 13.0 Å². The van der Waals surface area contributed by atoms with Crippen molar-refractivity contribution in [3.8, 4) is 0 Å². The van der Waals surface area contributed by atoms with Crippen LogP contribution in [0, 0.1) is 34.6 Å². The number of hydrogen-bond donors (Lipinski definition) is 1. The van der Waals surface area contributed by atoms with Crippen LogP contribution in [0.5, 0.6) is 0 Å². The molecule has 21 heavy (non-hydrogen) atoms. The standard InChI is InChI=1S/C11H16O3S.Cl5P/c1-6-7(2)9(4)11(15(12,13)14)10(5)8(6)3;1-6(2,3,4)5/h1-5H3,(H,12,13,14);. The second-order valence-electron chi connectivity index (χ2n) is 4.57. The Hall–Kier alpha value is 1.01. The van der Waals surface area contributed by atoms with Crippen LogP contribution in [-0.2, 0) is 10.1 Å². The molecule has 1 aromatic rings. The molecule has 0 saturated carbocycles. The summed E-state index contributed by atoms with van der Waals surface area (Å²) >= 11 is 24.9. The van der Waals surface area contributed by atoms with Gasteiger partial charge in [0.2, 0.25) is 0 Å². The van der Waals surface area contributed by atoms with E-state index in [1.165, 1.54) is 0 Å². The Morgan fingerprint density at radius 1 is 0.714 bits per heavy atom. The zero-order chi connectivity index (χ0) is 17.4. The van der Waals surface area contributed by atoms with Crippen molar-refractivity contribution in [2.24, 2.45) is 0 Å². The molecule has 124 valence electrons. The van der Waals surface area contributed by atoms with Crippen molar-refractivity contribution in [2.75, 3.05) is 0 Å². The zero-order valence-corrected chi connectivity index (χ0v) is 17.5. The zero-order valence-electron chi connectivity index (χ0n) is 12.0. The molecule has 0 bridgehead atoms. The molecule has 0 radical (unpaired) electrons. The Kier molecular flexibility index (Phi) is 7.19. The number of halogens is 5. The summed E-state index contributed by atoms with van der Waals surface area (Å²) in [6.45, 7) is 9.13.